The molecule has 1 aliphatic heterocycles. The molecule has 1 aromatic carbocycles. The summed E-state index contributed by atoms with van der Waals surface area (Å²) in [7, 11) is 3.04. The maximum absolute atomic E-state index is 12.3. The lowest BCUT2D eigenvalue weighted by molar-refractivity contribution is -0.130. The number of ether oxygens (including phenoxy) is 2. The molecule has 2 heterocycles. The van der Waals surface area contributed by atoms with E-state index in [1.54, 1.807) is 12.1 Å². The molecule has 1 atom stereocenters. The molecule has 0 aliphatic carbocycles. The topological polar surface area (TPSA) is 104 Å². The average Bonchev–Trinajstić information content (AvgIpc) is 3.34. The number of likely N-dealkylation sites (tertiary alicyclic amines) is 1. The van der Waals surface area contributed by atoms with E-state index < -0.39 is 0 Å². The van der Waals surface area contributed by atoms with Crippen molar-refractivity contribution in [3.8, 4) is 22.9 Å². The van der Waals surface area contributed by atoms with Crippen molar-refractivity contribution in [1.82, 2.24) is 15.0 Å². The van der Waals surface area contributed by atoms with Gasteiger partial charge in [0.15, 0.2) is 11.5 Å². The van der Waals surface area contributed by atoms with Crippen molar-refractivity contribution in [1.29, 1.82) is 0 Å². The molecule has 1 fully saturated rings. The lowest BCUT2D eigenvalue weighted by atomic mass is 10.1. The second-order valence-electron chi connectivity index (χ2n) is 6.44. The number of rotatable bonds is 7. The zero-order valence-electron chi connectivity index (χ0n) is 15.4. The van der Waals surface area contributed by atoms with E-state index in [0.717, 1.165) is 19.5 Å². The average molecular weight is 395 g/mol. The number of benzene rings is 1. The summed E-state index contributed by atoms with van der Waals surface area (Å²) in [5.41, 5.74) is 6.31. The van der Waals surface area contributed by atoms with Gasteiger partial charge in [0, 0.05) is 31.5 Å². The number of aromatic nitrogens is 2. The third kappa shape index (κ3) is 4.33. The fourth-order valence-corrected chi connectivity index (χ4v) is 3.43. The number of nitrogens with zero attached hydrogens (tertiary/aromatic N) is 3. The van der Waals surface area contributed by atoms with Gasteiger partial charge in [-0.25, -0.2) is 0 Å². The van der Waals surface area contributed by atoms with Gasteiger partial charge in [0.2, 0.25) is 17.6 Å². The van der Waals surface area contributed by atoms with Gasteiger partial charge < -0.3 is 24.6 Å². The summed E-state index contributed by atoms with van der Waals surface area (Å²) in [5, 5.41) is 4.36. The molecule has 0 bridgehead atoms. The highest BCUT2D eigenvalue weighted by molar-refractivity contribution is 6.32. The number of amides is 1. The van der Waals surface area contributed by atoms with Gasteiger partial charge in [0.05, 0.1) is 19.2 Å². The van der Waals surface area contributed by atoms with Gasteiger partial charge in [0.1, 0.15) is 0 Å². The van der Waals surface area contributed by atoms with Crippen LogP contribution in [0.25, 0.3) is 11.4 Å². The number of hydrogen-bond donors (Lipinski definition) is 1. The molecular formula is C18H23ClN4O4. The Kier molecular flexibility index (Phi) is 6.18. The lowest BCUT2D eigenvalue weighted by Gasteiger charge is -2.15. The molecule has 8 nitrogen and oxygen atoms in total. The minimum atomic E-state index is 0.0832. The molecule has 146 valence electrons. The smallest absolute Gasteiger partial charge is 0.227 e. The zero-order valence-corrected chi connectivity index (χ0v) is 16.2. The second-order valence-corrected chi connectivity index (χ2v) is 6.84. The van der Waals surface area contributed by atoms with Crippen LogP contribution in [0.15, 0.2) is 16.7 Å². The van der Waals surface area contributed by atoms with Crippen LogP contribution in [0.3, 0.4) is 0 Å². The van der Waals surface area contributed by atoms with Crippen molar-refractivity contribution >= 4 is 17.5 Å². The molecule has 1 amide bonds. The summed E-state index contributed by atoms with van der Waals surface area (Å²) < 4.78 is 15.8. The molecule has 1 unspecified atom stereocenters. The van der Waals surface area contributed by atoms with Crippen molar-refractivity contribution in [3.05, 3.63) is 23.0 Å². The van der Waals surface area contributed by atoms with E-state index in [0.29, 0.717) is 59.1 Å². The van der Waals surface area contributed by atoms with Gasteiger partial charge in [-0.1, -0.05) is 16.8 Å². The fourth-order valence-electron chi connectivity index (χ4n) is 3.14. The van der Waals surface area contributed by atoms with Crippen LogP contribution in [0.1, 0.15) is 18.7 Å². The van der Waals surface area contributed by atoms with E-state index in [4.69, 9.17) is 31.3 Å². The summed E-state index contributed by atoms with van der Waals surface area (Å²) in [6.45, 7) is 2.11. The van der Waals surface area contributed by atoms with Crippen molar-refractivity contribution in [3.63, 3.8) is 0 Å². The molecule has 0 saturated carbocycles. The zero-order chi connectivity index (χ0) is 19.4. The number of nitrogens with two attached hydrogens (primary N) is 1. The molecule has 2 aromatic rings. The van der Waals surface area contributed by atoms with E-state index >= 15 is 0 Å². The lowest BCUT2D eigenvalue weighted by Crippen LogP contribution is -2.30. The van der Waals surface area contributed by atoms with Crippen LogP contribution in [0.2, 0.25) is 5.02 Å². The quantitative estimate of drug-likeness (QED) is 0.767. The third-order valence-electron chi connectivity index (χ3n) is 4.68. The van der Waals surface area contributed by atoms with Crippen molar-refractivity contribution in [2.24, 2.45) is 11.7 Å². The number of carbonyl (C=O) groups is 1. The summed E-state index contributed by atoms with van der Waals surface area (Å²) >= 11 is 6.22. The first-order valence-electron chi connectivity index (χ1n) is 8.78. The Morgan fingerprint density at radius 3 is 2.89 bits per heavy atom. The second kappa shape index (κ2) is 8.58. The summed E-state index contributed by atoms with van der Waals surface area (Å²) in [5.74, 6) is 2.19. The first-order chi connectivity index (χ1) is 13.0. The SMILES string of the molecule is COc1cc(-c2noc(CCC(=O)N3CCC(CN)C3)n2)cc(Cl)c1OC. The molecule has 0 radical (unpaired) electrons. The standard InChI is InChI=1S/C18H23ClN4O4/c1-25-14-8-12(7-13(19)17(14)26-2)18-21-15(27-22-18)3-4-16(24)23-6-5-11(9-20)10-23/h7-8,11H,3-6,9-10,20H2,1-2H3. The number of carbonyl (C=O) groups excluding carboxylic acids is 1. The Balaban J connectivity index is 1.65. The van der Waals surface area contributed by atoms with E-state index in [1.807, 2.05) is 4.90 Å². The predicted molar refractivity (Wildman–Crippen MR) is 99.9 cm³/mol. The maximum Gasteiger partial charge on any atom is 0.227 e. The van der Waals surface area contributed by atoms with Crippen LogP contribution in [0.4, 0.5) is 0 Å². The Morgan fingerprint density at radius 2 is 2.22 bits per heavy atom. The molecule has 1 saturated heterocycles. The Labute approximate surface area is 162 Å². The number of methoxy groups -OCH3 is 2. The van der Waals surface area contributed by atoms with Gasteiger partial charge in [-0.2, -0.15) is 4.98 Å². The highest BCUT2D eigenvalue weighted by Gasteiger charge is 2.25. The van der Waals surface area contributed by atoms with E-state index in [1.165, 1.54) is 14.2 Å². The Hall–Kier alpha value is -2.32. The van der Waals surface area contributed by atoms with Crippen molar-refractivity contribution in [2.45, 2.75) is 19.3 Å². The highest BCUT2D eigenvalue weighted by Crippen LogP contribution is 2.38. The van der Waals surface area contributed by atoms with Crippen LogP contribution < -0.4 is 15.2 Å². The van der Waals surface area contributed by atoms with Gasteiger partial charge in [0.25, 0.3) is 0 Å². The minimum absolute atomic E-state index is 0.0832. The highest BCUT2D eigenvalue weighted by atomic mass is 35.5. The number of halogens is 1. The van der Waals surface area contributed by atoms with Crippen LogP contribution in [0, 0.1) is 5.92 Å². The normalized spacial score (nSPS) is 16.6. The first-order valence-corrected chi connectivity index (χ1v) is 9.15. The Bertz CT molecular complexity index is 811. The van der Waals surface area contributed by atoms with Crippen LogP contribution in [-0.4, -0.2) is 54.8 Å². The Morgan fingerprint density at radius 1 is 1.41 bits per heavy atom. The van der Waals surface area contributed by atoms with E-state index in [-0.39, 0.29) is 5.91 Å². The van der Waals surface area contributed by atoms with Gasteiger partial charge in [-0.15, -0.1) is 0 Å². The predicted octanol–water partition coefficient (Wildman–Crippen LogP) is 2.15. The maximum atomic E-state index is 12.3. The van der Waals surface area contributed by atoms with Crippen LogP contribution >= 0.6 is 11.6 Å². The molecule has 0 spiro atoms. The van der Waals surface area contributed by atoms with Gasteiger partial charge in [-0.3, -0.25) is 4.79 Å². The number of aryl methyl sites for hydroxylation is 1. The van der Waals surface area contributed by atoms with Crippen LogP contribution in [0.5, 0.6) is 11.5 Å². The summed E-state index contributed by atoms with van der Waals surface area (Å²) in [6, 6.07) is 3.40. The van der Waals surface area contributed by atoms with E-state index in [2.05, 4.69) is 10.1 Å². The number of hydrogen-bond acceptors (Lipinski definition) is 7. The summed E-state index contributed by atoms with van der Waals surface area (Å²) in [6.07, 6.45) is 1.68. The largest absolute Gasteiger partial charge is 0.493 e. The molecule has 9 heteroatoms. The van der Waals surface area contributed by atoms with Gasteiger partial charge >= 0.3 is 0 Å². The molecule has 27 heavy (non-hydrogen) atoms. The molecule has 1 aromatic heterocycles. The molecule has 1 aliphatic rings. The fraction of sp³-hybridized carbons (Fsp3) is 0.500. The minimum Gasteiger partial charge on any atom is -0.493 e. The molecule has 2 N–H and O–H groups in total. The third-order valence-corrected chi connectivity index (χ3v) is 4.97. The van der Waals surface area contributed by atoms with E-state index in [9.17, 15) is 4.79 Å². The van der Waals surface area contributed by atoms with Crippen molar-refractivity contribution in [2.75, 3.05) is 33.9 Å². The summed E-state index contributed by atoms with van der Waals surface area (Å²) in [4.78, 5) is 18.5. The van der Waals surface area contributed by atoms with Crippen molar-refractivity contribution < 1.29 is 18.8 Å². The molecular weight excluding hydrogens is 372 g/mol. The first kappa shape index (κ1) is 19.4. The molecule has 3 rings (SSSR count). The monoisotopic (exact) mass is 394 g/mol. The van der Waals surface area contributed by atoms with Crippen LogP contribution in [-0.2, 0) is 11.2 Å². The van der Waals surface area contributed by atoms with Gasteiger partial charge in [-0.05, 0) is 31.0 Å².